The van der Waals surface area contributed by atoms with Crippen LogP contribution in [0.1, 0.15) is 75.0 Å². The first-order chi connectivity index (χ1) is 18.2. The highest BCUT2D eigenvalue weighted by atomic mass is 16.6. The number of hydrogen-bond donors (Lipinski definition) is 1. The molecule has 2 bridgehead atoms. The smallest absolute Gasteiger partial charge is 0.410 e. The molecule has 2 aromatic rings. The maximum atomic E-state index is 13.5. The fourth-order valence-corrected chi connectivity index (χ4v) is 7.47. The van der Waals surface area contributed by atoms with Gasteiger partial charge in [0.25, 0.3) is 0 Å². The van der Waals surface area contributed by atoms with Crippen LogP contribution >= 0.6 is 0 Å². The van der Waals surface area contributed by atoms with Gasteiger partial charge in [0.2, 0.25) is 0 Å². The van der Waals surface area contributed by atoms with Crippen LogP contribution in [0.4, 0.5) is 10.5 Å². The first-order valence-corrected chi connectivity index (χ1v) is 14.4. The van der Waals surface area contributed by atoms with Crippen LogP contribution in [-0.2, 0) is 23.2 Å². The maximum Gasteiger partial charge on any atom is 0.410 e. The van der Waals surface area contributed by atoms with Gasteiger partial charge in [-0.15, -0.1) is 0 Å². The molecule has 1 N–H and O–H groups in total. The van der Waals surface area contributed by atoms with E-state index < -0.39 is 0 Å². The minimum Gasteiger partial charge on any atom is -0.490 e. The molecule has 2 aromatic carbocycles. The summed E-state index contributed by atoms with van der Waals surface area (Å²) in [4.78, 5) is 15.6. The summed E-state index contributed by atoms with van der Waals surface area (Å²) >= 11 is 0. The van der Waals surface area contributed by atoms with Crippen molar-refractivity contribution in [3.63, 3.8) is 0 Å². The summed E-state index contributed by atoms with van der Waals surface area (Å²) < 4.78 is 18.4. The lowest BCUT2D eigenvalue weighted by Gasteiger charge is -2.53. The lowest BCUT2D eigenvalue weighted by Crippen LogP contribution is -2.55. The monoisotopic (exact) mass is 504 g/mol. The molecular formula is C31H40N2O4. The Balaban J connectivity index is 1.37. The second kappa shape index (κ2) is 10.5. The van der Waals surface area contributed by atoms with Gasteiger partial charge in [0.15, 0.2) is 11.5 Å². The molecule has 2 aliphatic carbocycles. The van der Waals surface area contributed by atoms with Crippen molar-refractivity contribution in [2.75, 3.05) is 31.6 Å². The number of likely N-dealkylation sites (tertiary alicyclic amines) is 1. The summed E-state index contributed by atoms with van der Waals surface area (Å²) in [6.07, 6.45) is 9.75. The van der Waals surface area contributed by atoms with Crippen molar-refractivity contribution in [2.45, 2.75) is 82.8 Å². The Bertz CT molecular complexity index is 1120. The number of rotatable bonds is 6. The van der Waals surface area contributed by atoms with Gasteiger partial charge in [0.1, 0.15) is 13.2 Å². The van der Waals surface area contributed by atoms with E-state index in [9.17, 15) is 4.79 Å². The average Bonchev–Trinajstić information content (AvgIpc) is 3.07. The summed E-state index contributed by atoms with van der Waals surface area (Å²) in [5.41, 5.74) is 5.00. The summed E-state index contributed by atoms with van der Waals surface area (Å²) in [7, 11) is 0. The summed E-state index contributed by atoms with van der Waals surface area (Å²) in [5, 5.41) is 3.67. The zero-order valence-corrected chi connectivity index (χ0v) is 22.1. The Morgan fingerprint density at radius 1 is 1.19 bits per heavy atom. The average molecular weight is 505 g/mol. The van der Waals surface area contributed by atoms with Crippen molar-refractivity contribution in [3.8, 4) is 11.5 Å². The highest BCUT2D eigenvalue weighted by Gasteiger charge is 2.54. The number of fused-ring (bicyclic) bond motifs is 3. The Hall–Kier alpha value is -2.89. The van der Waals surface area contributed by atoms with E-state index in [-0.39, 0.29) is 17.6 Å². The van der Waals surface area contributed by atoms with Crippen molar-refractivity contribution in [1.82, 2.24) is 4.90 Å². The number of benzene rings is 2. The Labute approximate surface area is 220 Å². The second-order valence-corrected chi connectivity index (χ2v) is 11.2. The number of amides is 1. The molecule has 1 unspecified atom stereocenters. The van der Waals surface area contributed by atoms with E-state index in [4.69, 9.17) is 14.2 Å². The number of anilines is 1. The predicted molar refractivity (Wildman–Crippen MR) is 145 cm³/mol. The molecule has 6 heteroatoms. The van der Waals surface area contributed by atoms with E-state index in [2.05, 4.69) is 23.2 Å². The molecule has 37 heavy (non-hydrogen) atoms. The molecule has 2 heterocycles. The van der Waals surface area contributed by atoms with Crippen molar-refractivity contribution in [2.24, 2.45) is 5.92 Å². The van der Waals surface area contributed by atoms with Gasteiger partial charge in [-0.1, -0.05) is 56.5 Å². The van der Waals surface area contributed by atoms with Crippen molar-refractivity contribution >= 4 is 11.8 Å². The molecule has 2 aliphatic heterocycles. The van der Waals surface area contributed by atoms with E-state index in [1.165, 1.54) is 36.8 Å². The Kier molecular flexibility index (Phi) is 6.92. The van der Waals surface area contributed by atoms with Gasteiger partial charge in [0, 0.05) is 24.5 Å². The Morgan fingerprint density at radius 2 is 2.05 bits per heavy atom. The summed E-state index contributed by atoms with van der Waals surface area (Å²) in [5.74, 6) is 2.21. The SMILES string of the molecule is CCCCOc1cc2c(c3c1OCCN3)C[C@H]1C3CCCC[C@@]23CCCN1C(=O)OCc1ccccc1. The van der Waals surface area contributed by atoms with E-state index in [1.807, 2.05) is 30.3 Å². The molecule has 0 aromatic heterocycles. The summed E-state index contributed by atoms with van der Waals surface area (Å²) in [6.45, 7) is 5.42. The first kappa shape index (κ1) is 24.4. The lowest BCUT2D eigenvalue weighted by molar-refractivity contribution is 0.0441. The molecule has 1 amide bonds. The van der Waals surface area contributed by atoms with Crippen LogP contribution in [0.2, 0.25) is 0 Å². The molecule has 198 valence electrons. The first-order valence-electron chi connectivity index (χ1n) is 14.4. The van der Waals surface area contributed by atoms with Gasteiger partial charge in [-0.05, 0) is 67.2 Å². The molecule has 1 saturated heterocycles. The van der Waals surface area contributed by atoms with Crippen molar-refractivity contribution in [1.29, 1.82) is 0 Å². The highest BCUT2D eigenvalue weighted by molar-refractivity contribution is 5.74. The normalized spacial score (nSPS) is 25.9. The fraction of sp³-hybridized carbons (Fsp3) is 0.581. The third kappa shape index (κ3) is 4.42. The van der Waals surface area contributed by atoms with E-state index in [1.54, 1.807) is 0 Å². The van der Waals surface area contributed by atoms with Crippen molar-refractivity contribution < 1.29 is 19.0 Å². The van der Waals surface area contributed by atoms with Gasteiger partial charge < -0.3 is 24.4 Å². The van der Waals surface area contributed by atoms with Gasteiger partial charge in [-0.25, -0.2) is 4.79 Å². The zero-order valence-electron chi connectivity index (χ0n) is 22.1. The van der Waals surface area contributed by atoms with Crippen molar-refractivity contribution in [3.05, 3.63) is 53.1 Å². The topological polar surface area (TPSA) is 60.0 Å². The largest absolute Gasteiger partial charge is 0.490 e. The molecule has 2 fully saturated rings. The second-order valence-electron chi connectivity index (χ2n) is 11.2. The Morgan fingerprint density at radius 3 is 2.92 bits per heavy atom. The lowest BCUT2D eigenvalue weighted by atomic mass is 9.54. The quantitative estimate of drug-likeness (QED) is 0.458. The van der Waals surface area contributed by atoms with Gasteiger partial charge >= 0.3 is 6.09 Å². The zero-order chi connectivity index (χ0) is 25.2. The fourth-order valence-electron chi connectivity index (χ4n) is 7.47. The number of ether oxygens (including phenoxy) is 3. The van der Waals surface area contributed by atoms with Crippen LogP contribution < -0.4 is 14.8 Å². The van der Waals surface area contributed by atoms with Crippen LogP contribution in [0.15, 0.2) is 36.4 Å². The molecule has 0 radical (unpaired) electrons. The van der Waals surface area contributed by atoms with Gasteiger partial charge in [-0.3, -0.25) is 0 Å². The number of nitrogens with one attached hydrogen (secondary N) is 1. The van der Waals surface area contributed by atoms with Crippen LogP contribution in [0.25, 0.3) is 0 Å². The molecule has 6 nitrogen and oxygen atoms in total. The third-order valence-corrected chi connectivity index (χ3v) is 9.13. The number of carbonyl (C=O) groups is 1. The van der Waals surface area contributed by atoms with E-state index in [0.717, 1.165) is 67.9 Å². The van der Waals surface area contributed by atoms with Crippen LogP contribution in [-0.4, -0.2) is 43.3 Å². The number of carbonyl (C=O) groups excluding carboxylic acids is 1. The maximum absolute atomic E-state index is 13.5. The van der Waals surface area contributed by atoms with Crippen LogP contribution in [0.3, 0.4) is 0 Å². The summed E-state index contributed by atoms with van der Waals surface area (Å²) in [6, 6.07) is 12.5. The number of nitrogens with zero attached hydrogens (tertiary/aromatic N) is 1. The van der Waals surface area contributed by atoms with Crippen LogP contribution in [0, 0.1) is 5.92 Å². The molecule has 1 saturated carbocycles. The molecule has 3 atom stereocenters. The molecule has 6 rings (SSSR count). The standard InChI is InChI=1S/C31H40N2O4/c1-2-3-17-35-27-20-25-23(28-29(27)36-18-15-32-28)19-26-24-12-7-8-13-31(24,25)14-9-16-33(26)30(34)37-21-22-10-5-4-6-11-22/h4-6,10-11,20,24,26,32H,2-3,7-9,12-19,21H2,1H3/t24?,26-,31-/m0/s1. The highest BCUT2D eigenvalue weighted by Crippen LogP contribution is 2.59. The molecular weight excluding hydrogens is 464 g/mol. The minimum atomic E-state index is -0.170. The minimum absolute atomic E-state index is 0.0853. The third-order valence-electron chi connectivity index (χ3n) is 9.13. The predicted octanol–water partition coefficient (Wildman–Crippen LogP) is 6.46. The van der Waals surface area contributed by atoms with Gasteiger partial charge in [0.05, 0.1) is 12.3 Å². The van der Waals surface area contributed by atoms with E-state index in [0.29, 0.717) is 25.7 Å². The number of unbranched alkanes of at least 4 members (excludes halogenated alkanes) is 1. The molecule has 0 spiro atoms. The van der Waals surface area contributed by atoms with Crippen LogP contribution in [0.5, 0.6) is 11.5 Å². The van der Waals surface area contributed by atoms with Gasteiger partial charge in [-0.2, -0.15) is 0 Å². The van der Waals surface area contributed by atoms with E-state index >= 15 is 0 Å². The number of hydrogen-bond acceptors (Lipinski definition) is 5. The molecule has 4 aliphatic rings.